The molecule has 0 fully saturated rings. The Kier molecular flexibility index (Phi) is 4.78. The lowest BCUT2D eigenvalue weighted by Gasteiger charge is -2.28. The van der Waals surface area contributed by atoms with Crippen molar-refractivity contribution >= 4 is 11.6 Å². The number of aromatic nitrogens is 3. The molecule has 0 radical (unpaired) electrons. The number of carbonyl (C=O) groups is 1. The lowest BCUT2D eigenvalue weighted by atomic mass is 10.0. The highest BCUT2D eigenvalue weighted by Gasteiger charge is 2.48. The fourth-order valence-electron chi connectivity index (χ4n) is 2.63. The van der Waals surface area contributed by atoms with Gasteiger partial charge >= 0.3 is 6.18 Å². The summed E-state index contributed by atoms with van der Waals surface area (Å²) >= 11 is 0. The molecule has 1 aromatic carbocycles. The van der Waals surface area contributed by atoms with E-state index < -0.39 is 17.6 Å². The average molecular weight is 392 g/mol. The molecule has 28 heavy (non-hydrogen) atoms. The molecule has 3 rings (SSSR count). The summed E-state index contributed by atoms with van der Waals surface area (Å²) in [5, 5.41) is 6.10. The van der Waals surface area contributed by atoms with Gasteiger partial charge in [0.1, 0.15) is 16.9 Å². The highest BCUT2D eigenvalue weighted by molar-refractivity contribution is 6.00. The second kappa shape index (κ2) is 6.81. The van der Waals surface area contributed by atoms with Crippen LogP contribution in [0.15, 0.2) is 36.5 Å². The van der Waals surface area contributed by atoms with E-state index >= 15 is 0 Å². The zero-order valence-corrected chi connectivity index (χ0v) is 15.8. The van der Waals surface area contributed by atoms with Gasteiger partial charge in [0.05, 0.1) is 19.0 Å². The Bertz CT molecular complexity index is 1040. The zero-order chi connectivity index (χ0) is 20.7. The van der Waals surface area contributed by atoms with Crippen LogP contribution in [0.2, 0.25) is 0 Å². The van der Waals surface area contributed by atoms with Gasteiger partial charge in [-0.1, -0.05) is 12.1 Å². The lowest BCUT2D eigenvalue weighted by molar-refractivity contribution is -0.182. The molecule has 0 aliphatic heterocycles. The highest BCUT2D eigenvalue weighted by Crippen LogP contribution is 2.30. The van der Waals surface area contributed by atoms with Crippen molar-refractivity contribution in [3.63, 3.8) is 0 Å². The van der Waals surface area contributed by atoms with Gasteiger partial charge in [-0.15, -0.1) is 0 Å². The normalized spacial score (nSPS) is 12.2. The summed E-state index contributed by atoms with van der Waals surface area (Å²) in [4.78, 5) is 17.0. The molecule has 0 bridgehead atoms. The maximum absolute atomic E-state index is 13.1. The average Bonchev–Trinajstić information content (AvgIpc) is 3.05. The second-order valence-electron chi connectivity index (χ2n) is 6.89. The van der Waals surface area contributed by atoms with Crippen molar-refractivity contribution in [2.75, 3.05) is 7.11 Å². The number of nitrogens with one attached hydrogen (secondary N) is 1. The molecule has 0 aliphatic carbocycles. The number of hydrogen-bond acceptors (Lipinski definition) is 4. The van der Waals surface area contributed by atoms with Crippen molar-refractivity contribution in [1.82, 2.24) is 19.9 Å². The number of hydrogen-bond donors (Lipinski definition) is 1. The number of amides is 1. The third-order valence-corrected chi connectivity index (χ3v) is 4.39. The van der Waals surface area contributed by atoms with Gasteiger partial charge in [0.15, 0.2) is 5.65 Å². The predicted octanol–water partition coefficient (Wildman–Crippen LogP) is 3.78. The van der Waals surface area contributed by atoms with E-state index in [0.29, 0.717) is 17.1 Å². The Balaban J connectivity index is 2.06. The predicted molar refractivity (Wildman–Crippen MR) is 97.3 cm³/mol. The van der Waals surface area contributed by atoms with Gasteiger partial charge in [0, 0.05) is 11.3 Å². The largest absolute Gasteiger partial charge is 0.497 e. The van der Waals surface area contributed by atoms with Gasteiger partial charge < -0.3 is 10.1 Å². The molecule has 0 aliphatic rings. The Morgan fingerprint density at radius 3 is 2.57 bits per heavy atom. The molecular weight excluding hydrogens is 373 g/mol. The van der Waals surface area contributed by atoms with Crippen LogP contribution >= 0.6 is 0 Å². The maximum atomic E-state index is 13.1. The fraction of sp³-hybridized carbons (Fsp3) is 0.316. The van der Waals surface area contributed by atoms with Crippen LogP contribution < -0.4 is 10.1 Å². The molecule has 1 amide bonds. The number of rotatable bonds is 4. The van der Waals surface area contributed by atoms with E-state index in [1.807, 2.05) is 11.4 Å². The van der Waals surface area contributed by atoms with E-state index in [0.717, 1.165) is 19.4 Å². The number of halogens is 3. The number of ether oxygens (including phenoxy) is 1. The van der Waals surface area contributed by atoms with Gasteiger partial charge in [-0.25, -0.2) is 9.50 Å². The van der Waals surface area contributed by atoms with E-state index in [4.69, 9.17) is 4.74 Å². The van der Waals surface area contributed by atoms with Crippen molar-refractivity contribution in [1.29, 1.82) is 0 Å². The number of carbonyl (C=O) groups excluding carboxylic acids is 1. The molecule has 1 N–H and O–H groups in total. The number of benzene rings is 1. The molecule has 0 unspecified atom stereocenters. The van der Waals surface area contributed by atoms with Crippen LogP contribution in [0.4, 0.5) is 13.2 Å². The first kappa shape index (κ1) is 19.7. The summed E-state index contributed by atoms with van der Waals surface area (Å²) in [6.07, 6.45) is -3.38. The third kappa shape index (κ3) is 3.51. The van der Waals surface area contributed by atoms with Crippen molar-refractivity contribution in [3.05, 3.63) is 47.8 Å². The summed E-state index contributed by atoms with van der Waals surface area (Å²) in [5.41, 5.74) is -0.283. The van der Waals surface area contributed by atoms with E-state index in [1.54, 1.807) is 38.3 Å². The van der Waals surface area contributed by atoms with E-state index in [1.165, 1.54) is 10.7 Å². The summed E-state index contributed by atoms with van der Waals surface area (Å²) in [7, 11) is 1.54. The van der Waals surface area contributed by atoms with E-state index in [2.05, 4.69) is 10.1 Å². The molecule has 0 spiro atoms. The second-order valence-corrected chi connectivity index (χ2v) is 6.89. The number of aryl methyl sites for hydroxylation is 1. The number of alkyl halides is 3. The first-order chi connectivity index (χ1) is 13.0. The summed E-state index contributed by atoms with van der Waals surface area (Å²) in [5.74, 6) is -0.262. The Labute approximate surface area is 159 Å². The van der Waals surface area contributed by atoms with Crippen molar-refractivity contribution in [3.8, 4) is 17.0 Å². The van der Waals surface area contributed by atoms with Gasteiger partial charge in [0.2, 0.25) is 0 Å². The minimum absolute atomic E-state index is 0.0369. The van der Waals surface area contributed by atoms with Crippen LogP contribution in [0, 0.1) is 6.92 Å². The molecule has 2 aromatic heterocycles. The summed E-state index contributed by atoms with van der Waals surface area (Å²) in [6, 6.07) is 8.96. The van der Waals surface area contributed by atoms with Gasteiger partial charge in [-0.05, 0) is 39.0 Å². The minimum Gasteiger partial charge on any atom is -0.497 e. The lowest BCUT2D eigenvalue weighted by Crippen LogP contribution is -2.54. The minimum atomic E-state index is -4.60. The highest BCUT2D eigenvalue weighted by atomic mass is 19.4. The van der Waals surface area contributed by atoms with Crippen LogP contribution in [0.5, 0.6) is 5.75 Å². The van der Waals surface area contributed by atoms with Gasteiger partial charge in [0.25, 0.3) is 5.91 Å². The molecule has 6 nitrogen and oxygen atoms in total. The zero-order valence-electron chi connectivity index (χ0n) is 15.8. The molecule has 148 valence electrons. The van der Waals surface area contributed by atoms with Crippen LogP contribution in [-0.2, 0) is 0 Å². The molecule has 0 atom stereocenters. The Hall–Kier alpha value is -3.10. The topological polar surface area (TPSA) is 68.5 Å². The van der Waals surface area contributed by atoms with Crippen LogP contribution in [-0.4, -0.2) is 39.3 Å². The molecule has 2 heterocycles. The van der Waals surface area contributed by atoms with E-state index in [9.17, 15) is 18.0 Å². The van der Waals surface area contributed by atoms with Crippen LogP contribution in [0.1, 0.15) is 29.9 Å². The SMILES string of the molecule is COc1cccc(-c2cc(C)n3ncc(C(=O)NC(C)(C)C(F)(F)F)c3n2)c1. The van der Waals surface area contributed by atoms with Crippen LogP contribution in [0.25, 0.3) is 16.9 Å². The maximum Gasteiger partial charge on any atom is 0.410 e. The molecule has 0 saturated heterocycles. The van der Waals surface area contributed by atoms with Gasteiger partial charge in [-0.3, -0.25) is 4.79 Å². The fourth-order valence-corrected chi connectivity index (χ4v) is 2.63. The van der Waals surface area contributed by atoms with Crippen LogP contribution in [0.3, 0.4) is 0 Å². The number of fused-ring (bicyclic) bond motifs is 1. The molecular formula is C19H19F3N4O2. The molecule has 9 heteroatoms. The monoisotopic (exact) mass is 392 g/mol. The first-order valence-corrected chi connectivity index (χ1v) is 8.42. The Morgan fingerprint density at radius 2 is 1.93 bits per heavy atom. The third-order valence-electron chi connectivity index (χ3n) is 4.39. The standard InChI is InChI=1S/C19H19F3N4O2/c1-11-8-15(12-6-5-7-13(9-12)28-4)24-16-14(10-23-26(11)16)17(27)25-18(2,3)19(20,21)22/h5-10H,1-4H3,(H,25,27). The summed E-state index contributed by atoms with van der Waals surface area (Å²) in [6.45, 7) is 3.57. The first-order valence-electron chi connectivity index (χ1n) is 8.42. The van der Waals surface area contributed by atoms with Crippen molar-refractivity contribution in [2.45, 2.75) is 32.5 Å². The van der Waals surface area contributed by atoms with E-state index in [-0.39, 0.29) is 11.2 Å². The van der Waals surface area contributed by atoms with Gasteiger partial charge in [-0.2, -0.15) is 18.3 Å². The Morgan fingerprint density at radius 1 is 1.21 bits per heavy atom. The number of nitrogens with zero attached hydrogens (tertiary/aromatic N) is 3. The smallest absolute Gasteiger partial charge is 0.410 e. The molecule has 3 aromatic rings. The summed E-state index contributed by atoms with van der Waals surface area (Å²) < 4.78 is 45.9. The van der Waals surface area contributed by atoms with Crippen molar-refractivity contribution in [2.24, 2.45) is 0 Å². The molecule has 0 saturated carbocycles. The quantitative estimate of drug-likeness (QED) is 0.734. The van der Waals surface area contributed by atoms with Crippen molar-refractivity contribution < 1.29 is 22.7 Å². The number of methoxy groups -OCH3 is 1.